The van der Waals surface area contributed by atoms with E-state index in [-0.39, 0.29) is 12.2 Å². The van der Waals surface area contributed by atoms with Crippen LogP contribution in [0.25, 0.3) is 0 Å². The van der Waals surface area contributed by atoms with Gasteiger partial charge in [0.25, 0.3) is 0 Å². The lowest BCUT2D eigenvalue weighted by atomic mass is 9.99. The highest BCUT2D eigenvalue weighted by molar-refractivity contribution is 5.88. The summed E-state index contributed by atoms with van der Waals surface area (Å²) in [6.45, 7) is 1.18. The molecule has 1 rings (SSSR count). The fourth-order valence-electron chi connectivity index (χ4n) is 1.21. The first kappa shape index (κ1) is 11.6. The van der Waals surface area contributed by atoms with Crippen molar-refractivity contribution in [3.8, 4) is 0 Å². The average molecular weight is 216 g/mol. The molecule has 5 heteroatoms. The van der Waals surface area contributed by atoms with E-state index in [2.05, 4.69) is 0 Å². The van der Waals surface area contributed by atoms with E-state index in [0.29, 0.717) is 0 Å². The molecule has 0 amide bonds. The third-order valence-corrected chi connectivity index (χ3v) is 2.15. The van der Waals surface area contributed by atoms with Crippen molar-refractivity contribution >= 4 is 5.97 Å². The van der Waals surface area contributed by atoms with Gasteiger partial charge in [-0.05, 0) is 11.6 Å². The van der Waals surface area contributed by atoms with Crippen molar-refractivity contribution in [1.82, 2.24) is 0 Å². The molecular weight excluding hydrogens is 206 g/mol. The number of carbonyl (C=O) groups is 1. The molecule has 1 aromatic rings. The average Bonchev–Trinajstić information content (AvgIpc) is 2.20. The van der Waals surface area contributed by atoms with Crippen LogP contribution in [0.3, 0.4) is 0 Å². The van der Waals surface area contributed by atoms with Gasteiger partial charge in [-0.25, -0.2) is 13.6 Å². The second-order valence-electron chi connectivity index (χ2n) is 3.22. The molecule has 0 spiro atoms. The Bertz CT molecular complexity index is 390. The number of hydrogen-bond acceptors (Lipinski definition) is 2. The summed E-state index contributed by atoms with van der Waals surface area (Å²) in [4.78, 5) is 10.5. The van der Waals surface area contributed by atoms with Crippen LogP contribution in [-0.4, -0.2) is 22.8 Å². The number of carboxylic acids is 1. The number of aliphatic hydroxyl groups excluding tert-OH is 1. The van der Waals surface area contributed by atoms with Gasteiger partial charge in [-0.1, -0.05) is 13.0 Å². The van der Waals surface area contributed by atoms with Crippen molar-refractivity contribution < 1.29 is 23.8 Å². The van der Waals surface area contributed by atoms with Crippen LogP contribution < -0.4 is 0 Å². The van der Waals surface area contributed by atoms with E-state index in [1.54, 1.807) is 0 Å². The van der Waals surface area contributed by atoms with E-state index in [9.17, 15) is 13.6 Å². The molecule has 0 aliphatic rings. The fourth-order valence-corrected chi connectivity index (χ4v) is 1.21. The second-order valence-corrected chi connectivity index (χ2v) is 3.22. The molecule has 1 atom stereocenters. The fraction of sp³-hybridized carbons (Fsp3) is 0.300. The lowest BCUT2D eigenvalue weighted by Gasteiger charge is -2.10. The Morgan fingerprint density at radius 3 is 2.47 bits per heavy atom. The Balaban J connectivity index is 3.27. The van der Waals surface area contributed by atoms with Gasteiger partial charge in [0.15, 0.2) is 11.6 Å². The van der Waals surface area contributed by atoms with Crippen LogP contribution in [0.4, 0.5) is 8.78 Å². The molecule has 0 heterocycles. The molecule has 0 aliphatic heterocycles. The molecule has 0 radical (unpaired) electrons. The van der Waals surface area contributed by atoms with E-state index in [1.165, 1.54) is 13.0 Å². The zero-order valence-corrected chi connectivity index (χ0v) is 8.00. The normalized spacial score (nSPS) is 12.5. The van der Waals surface area contributed by atoms with Gasteiger partial charge in [-0.3, -0.25) is 0 Å². The lowest BCUT2D eigenvalue weighted by molar-refractivity contribution is 0.0690. The quantitative estimate of drug-likeness (QED) is 0.809. The van der Waals surface area contributed by atoms with E-state index in [0.717, 1.165) is 6.07 Å². The van der Waals surface area contributed by atoms with E-state index >= 15 is 0 Å². The van der Waals surface area contributed by atoms with Crippen LogP contribution in [0.2, 0.25) is 0 Å². The van der Waals surface area contributed by atoms with Crippen molar-refractivity contribution in [1.29, 1.82) is 0 Å². The smallest absolute Gasteiger partial charge is 0.338 e. The van der Waals surface area contributed by atoms with Crippen molar-refractivity contribution in [3.63, 3.8) is 0 Å². The van der Waals surface area contributed by atoms with Gasteiger partial charge in [0.2, 0.25) is 0 Å². The standard InChI is InChI=1S/C10H10F2O3/c1-5(4-13)6-2-3-7(10(14)15)9(12)8(6)11/h2-3,5,13H,4H2,1H3,(H,14,15). The summed E-state index contributed by atoms with van der Waals surface area (Å²) in [5, 5.41) is 17.3. The largest absolute Gasteiger partial charge is 0.478 e. The number of hydrogen-bond donors (Lipinski definition) is 2. The zero-order valence-electron chi connectivity index (χ0n) is 8.00. The van der Waals surface area contributed by atoms with Crippen LogP contribution in [0.15, 0.2) is 12.1 Å². The summed E-state index contributed by atoms with van der Waals surface area (Å²) in [7, 11) is 0. The predicted octanol–water partition coefficient (Wildman–Crippen LogP) is 1.76. The number of benzene rings is 1. The molecule has 0 fully saturated rings. The van der Waals surface area contributed by atoms with Gasteiger partial charge in [0.05, 0.1) is 5.56 Å². The molecule has 0 bridgehead atoms. The minimum absolute atomic E-state index is 0.0278. The summed E-state index contributed by atoms with van der Waals surface area (Å²) in [6.07, 6.45) is 0. The molecule has 1 aromatic carbocycles. The first-order valence-electron chi connectivity index (χ1n) is 4.31. The number of rotatable bonds is 3. The van der Waals surface area contributed by atoms with Crippen molar-refractivity contribution in [2.45, 2.75) is 12.8 Å². The second kappa shape index (κ2) is 4.35. The molecule has 82 valence electrons. The number of aromatic carboxylic acids is 1. The zero-order chi connectivity index (χ0) is 11.6. The van der Waals surface area contributed by atoms with Crippen molar-refractivity contribution in [3.05, 3.63) is 34.9 Å². The van der Waals surface area contributed by atoms with E-state index in [1.807, 2.05) is 0 Å². The highest BCUT2D eigenvalue weighted by Gasteiger charge is 2.20. The Hall–Kier alpha value is -1.49. The molecule has 3 nitrogen and oxygen atoms in total. The third kappa shape index (κ3) is 2.12. The van der Waals surface area contributed by atoms with E-state index < -0.39 is 29.1 Å². The van der Waals surface area contributed by atoms with Gasteiger partial charge in [0, 0.05) is 12.5 Å². The molecule has 0 saturated heterocycles. The van der Waals surface area contributed by atoms with Gasteiger partial charge >= 0.3 is 5.97 Å². The van der Waals surface area contributed by atoms with Gasteiger partial charge < -0.3 is 10.2 Å². The minimum Gasteiger partial charge on any atom is -0.478 e. The highest BCUT2D eigenvalue weighted by Crippen LogP contribution is 2.22. The minimum atomic E-state index is -1.52. The molecule has 2 N–H and O–H groups in total. The summed E-state index contributed by atoms with van der Waals surface area (Å²) < 4.78 is 26.5. The van der Waals surface area contributed by atoms with E-state index in [4.69, 9.17) is 10.2 Å². The number of halogens is 2. The van der Waals surface area contributed by atoms with Crippen molar-refractivity contribution in [2.75, 3.05) is 6.61 Å². The van der Waals surface area contributed by atoms with Gasteiger partial charge in [-0.15, -0.1) is 0 Å². The van der Waals surface area contributed by atoms with Gasteiger partial charge in [0.1, 0.15) is 0 Å². The van der Waals surface area contributed by atoms with Gasteiger partial charge in [-0.2, -0.15) is 0 Å². The lowest BCUT2D eigenvalue weighted by Crippen LogP contribution is -2.08. The molecule has 0 saturated carbocycles. The van der Waals surface area contributed by atoms with Crippen LogP contribution in [0.1, 0.15) is 28.8 Å². The Morgan fingerprint density at radius 2 is 2.00 bits per heavy atom. The van der Waals surface area contributed by atoms with Crippen LogP contribution in [-0.2, 0) is 0 Å². The summed E-state index contributed by atoms with van der Waals surface area (Å²) in [6, 6.07) is 2.16. The molecule has 0 aliphatic carbocycles. The maximum Gasteiger partial charge on any atom is 0.338 e. The molecule has 1 unspecified atom stereocenters. The van der Waals surface area contributed by atoms with Crippen LogP contribution in [0, 0.1) is 11.6 Å². The Kier molecular flexibility index (Phi) is 3.36. The third-order valence-electron chi connectivity index (χ3n) is 2.15. The Labute approximate surface area is 85.0 Å². The number of aliphatic hydroxyl groups is 1. The first-order chi connectivity index (χ1) is 6.99. The van der Waals surface area contributed by atoms with Crippen LogP contribution >= 0.6 is 0 Å². The molecule has 15 heavy (non-hydrogen) atoms. The summed E-state index contributed by atoms with van der Waals surface area (Å²) in [5.74, 6) is -4.69. The molecular formula is C10H10F2O3. The maximum atomic E-state index is 13.3. The van der Waals surface area contributed by atoms with Crippen molar-refractivity contribution in [2.24, 2.45) is 0 Å². The highest BCUT2D eigenvalue weighted by atomic mass is 19.2. The predicted molar refractivity (Wildman–Crippen MR) is 48.8 cm³/mol. The number of carboxylic acid groups (broad SMARTS) is 1. The van der Waals surface area contributed by atoms with Crippen LogP contribution in [0.5, 0.6) is 0 Å². The SMILES string of the molecule is CC(CO)c1ccc(C(=O)O)c(F)c1F. The monoisotopic (exact) mass is 216 g/mol. The first-order valence-corrected chi connectivity index (χ1v) is 4.31. The summed E-state index contributed by atoms with van der Waals surface area (Å²) >= 11 is 0. The Morgan fingerprint density at radius 1 is 1.40 bits per heavy atom. The topological polar surface area (TPSA) is 57.5 Å². The maximum absolute atomic E-state index is 13.3. The molecule has 0 aromatic heterocycles. The summed E-state index contributed by atoms with van der Waals surface area (Å²) in [5.41, 5.74) is -0.735.